The first-order chi connectivity index (χ1) is 10.2. The van der Waals surface area contributed by atoms with Crippen LogP contribution in [0.3, 0.4) is 0 Å². The van der Waals surface area contributed by atoms with Crippen LogP contribution in [0.4, 0.5) is 0 Å². The van der Waals surface area contributed by atoms with E-state index >= 15 is 0 Å². The summed E-state index contributed by atoms with van der Waals surface area (Å²) in [5, 5.41) is 3.06. The normalized spacial score (nSPS) is 22.2. The molecule has 1 fully saturated rings. The van der Waals surface area contributed by atoms with Gasteiger partial charge < -0.3 is 19.0 Å². The number of imidazole rings is 1. The molecule has 0 radical (unpaired) electrons. The molecule has 0 aliphatic carbocycles. The fraction of sp³-hybridized carbons (Fsp3) is 0.429. The zero-order valence-corrected chi connectivity index (χ0v) is 12.3. The van der Waals surface area contributed by atoms with Crippen molar-refractivity contribution < 1.29 is 13.9 Å². The van der Waals surface area contributed by atoms with Crippen molar-refractivity contribution in [3.8, 4) is 0 Å². The van der Waals surface area contributed by atoms with E-state index in [0.717, 1.165) is 18.7 Å². The van der Waals surface area contributed by atoms with Crippen molar-refractivity contribution in [2.45, 2.75) is 25.0 Å². The molecular weight excluding hydrogens is 294 g/mol. The Morgan fingerprint density at radius 3 is 3.10 bits per heavy atom. The van der Waals surface area contributed by atoms with Gasteiger partial charge in [-0.25, -0.2) is 4.98 Å². The van der Waals surface area contributed by atoms with Crippen molar-refractivity contribution in [1.29, 1.82) is 0 Å². The Labute approximate surface area is 127 Å². The van der Waals surface area contributed by atoms with E-state index in [2.05, 4.69) is 10.3 Å². The summed E-state index contributed by atoms with van der Waals surface area (Å²) < 4.78 is 12.7. The van der Waals surface area contributed by atoms with E-state index in [1.807, 2.05) is 17.8 Å². The third-order valence-corrected chi connectivity index (χ3v) is 3.91. The average molecular weight is 310 g/mol. The molecule has 1 N–H and O–H groups in total. The molecule has 0 bridgehead atoms. The summed E-state index contributed by atoms with van der Waals surface area (Å²) in [7, 11) is 1.91. The standard InChI is InChI=1S/C14H16ClN3O3/c1-18-6-5-16-13(18)11-10(3-2-7-20-11)17-14(19)9-4-8-21-12(9)15/h4-6,8,10-11H,2-3,7H2,1H3,(H,17,19)/t10-,11-/m0/s1. The van der Waals surface area contributed by atoms with Crippen LogP contribution in [-0.2, 0) is 11.8 Å². The highest BCUT2D eigenvalue weighted by atomic mass is 35.5. The third-order valence-electron chi connectivity index (χ3n) is 3.61. The van der Waals surface area contributed by atoms with Crippen LogP contribution in [0.2, 0.25) is 5.22 Å². The molecule has 2 atom stereocenters. The zero-order valence-electron chi connectivity index (χ0n) is 11.6. The summed E-state index contributed by atoms with van der Waals surface area (Å²) in [5.41, 5.74) is 0.334. The number of aryl methyl sites for hydroxylation is 1. The van der Waals surface area contributed by atoms with Crippen molar-refractivity contribution in [3.05, 3.63) is 41.3 Å². The SMILES string of the molecule is Cn1ccnc1[C@H]1OCCC[C@@H]1NC(=O)c1ccoc1Cl. The number of amides is 1. The van der Waals surface area contributed by atoms with E-state index in [4.69, 9.17) is 20.8 Å². The van der Waals surface area contributed by atoms with Crippen LogP contribution >= 0.6 is 11.6 Å². The van der Waals surface area contributed by atoms with E-state index in [1.54, 1.807) is 12.3 Å². The minimum absolute atomic E-state index is 0.0952. The molecule has 6 nitrogen and oxygen atoms in total. The number of hydrogen-bond donors (Lipinski definition) is 1. The lowest BCUT2D eigenvalue weighted by Gasteiger charge is -2.31. The van der Waals surface area contributed by atoms with Gasteiger partial charge in [0.15, 0.2) is 0 Å². The molecule has 2 aromatic heterocycles. The number of ether oxygens (including phenoxy) is 1. The molecule has 1 saturated heterocycles. The number of furan rings is 1. The van der Waals surface area contributed by atoms with Crippen LogP contribution in [-0.4, -0.2) is 28.1 Å². The highest BCUT2D eigenvalue weighted by molar-refractivity contribution is 6.32. The summed E-state index contributed by atoms with van der Waals surface area (Å²) in [5.74, 6) is 0.543. The number of halogens is 1. The molecule has 1 aliphatic rings. The molecule has 0 unspecified atom stereocenters. The monoisotopic (exact) mass is 309 g/mol. The Bertz CT molecular complexity index is 637. The van der Waals surface area contributed by atoms with Crippen molar-refractivity contribution in [2.24, 2.45) is 7.05 Å². The average Bonchev–Trinajstić information content (AvgIpc) is 3.08. The Hall–Kier alpha value is -1.79. The molecule has 7 heteroatoms. The fourth-order valence-electron chi connectivity index (χ4n) is 2.54. The molecule has 3 heterocycles. The predicted octanol–water partition coefficient (Wildman–Crippen LogP) is 2.32. The zero-order chi connectivity index (χ0) is 14.8. The Morgan fingerprint density at radius 2 is 2.43 bits per heavy atom. The van der Waals surface area contributed by atoms with Gasteiger partial charge in [0.05, 0.1) is 17.9 Å². The Kier molecular flexibility index (Phi) is 3.98. The smallest absolute Gasteiger partial charge is 0.256 e. The van der Waals surface area contributed by atoms with Gasteiger partial charge in [0.1, 0.15) is 11.9 Å². The summed E-state index contributed by atoms with van der Waals surface area (Å²) in [4.78, 5) is 16.6. The second-order valence-electron chi connectivity index (χ2n) is 5.02. The highest BCUT2D eigenvalue weighted by Crippen LogP contribution is 2.28. The molecular formula is C14H16ClN3O3. The topological polar surface area (TPSA) is 69.3 Å². The van der Waals surface area contributed by atoms with E-state index in [9.17, 15) is 4.79 Å². The summed E-state index contributed by atoms with van der Waals surface area (Å²) in [6.45, 7) is 0.663. The van der Waals surface area contributed by atoms with E-state index in [0.29, 0.717) is 12.2 Å². The molecule has 0 saturated carbocycles. The van der Waals surface area contributed by atoms with E-state index in [-0.39, 0.29) is 23.3 Å². The molecule has 3 rings (SSSR count). The van der Waals surface area contributed by atoms with Gasteiger partial charge in [-0.2, -0.15) is 0 Å². The molecule has 2 aromatic rings. The van der Waals surface area contributed by atoms with Gasteiger partial charge in [-0.05, 0) is 30.5 Å². The van der Waals surface area contributed by atoms with E-state index in [1.165, 1.54) is 6.26 Å². The maximum atomic E-state index is 12.3. The largest absolute Gasteiger partial charge is 0.452 e. The number of aromatic nitrogens is 2. The van der Waals surface area contributed by atoms with Gasteiger partial charge in [-0.15, -0.1) is 0 Å². The molecule has 21 heavy (non-hydrogen) atoms. The highest BCUT2D eigenvalue weighted by Gasteiger charge is 2.32. The first kappa shape index (κ1) is 14.2. The number of nitrogens with one attached hydrogen (secondary N) is 1. The third kappa shape index (κ3) is 2.82. The molecule has 112 valence electrons. The van der Waals surface area contributed by atoms with Crippen molar-refractivity contribution in [1.82, 2.24) is 14.9 Å². The van der Waals surface area contributed by atoms with E-state index < -0.39 is 0 Å². The van der Waals surface area contributed by atoms with Crippen LogP contribution < -0.4 is 5.32 Å². The second-order valence-corrected chi connectivity index (χ2v) is 5.36. The minimum atomic E-state index is -0.261. The quantitative estimate of drug-likeness (QED) is 0.944. The number of carbonyl (C=O) groups excluding carboxylic acids is 1. The predicted molar refractivity (Wildman–Crippen MR) is 76.1 cm³/mol. The Morgan fingerprint density at radius 1 is 1.57 bits per heavy atom. The van der Waals surface area contributed by atoms with Crippen LogP contribution in [0.5, 0.6) is 0 Å². The minimum Gasteiger partial charge on any atom is -0.452 e. The fourth-order valence-corrected chi connectivity index (χ4v) is 2.74. The van der Waals surface area contributed by atoms with Crippen LogP contribution in [0.15, 0.2) is 29.1 Å². The Balaban J connectivity index is 1.78. The lowest BCUT2D eigenvalue weighted by molar-refractivity contribution is -0.0159. The van der Waals surface area contributed by atoms with Crippen molar-refractivity contribution in [2.75, 3.05) is 6.61 Å². The van der Waals surface area contributed by atoms with Gasteiger partial charge in [-0.3, -0.25) is 4.79 Å². The van der Waals surface area contributed by atoms with Gasteiger partial charge in [0.2, 0.25) is 5.22 Å². The number of rotatable bonds is 3. The van der Waals surface area contributed by atoms with Crippen molar-refractivity contribution in [3.63, 3.8) is 0 Å². The summed E-state index contributed by atoms with van der Waals surface area (Å²) in [6.07, 6.45) is 6.45. The van der Waals surface area contributed by atoms with Gasteiger partial charge in [0, 0.05) is 26.0 Å². The van der Waals surface area contributed by atoms with Gasteiger partial charge >= 0.3 is 0 Å². The molecule has 1 amide bonds. The second kappa shape index (κ2) is 5.91. The molecule has 0 spiro atoms. The van der Waals surface area contributed by atoms with Crippen molar-refractivity contribution >= 4 is 17.5 Å². The first-order valence-corrected chi connectivity index (χ1v) is 7.17. The lowest BCUT2D eigenvalue weighted by atomic mass is 10.0. The van der Waals surface area contributed by atoms with Gasteiger partial charge in [-0.1, -0.05) is 0 Å². The number of hydrogen-bond acceptors (Lipinski definition) is 4. The first-order valence-electron chi connectivity index (χ1n) is 6.79. The summed E-state index contributed by atoms with van der Waals surface area (Å²) >= 11 is 5.84. The summed E-state index contributed by atoms with van der Waals surface area (Å²) in [6, 6.07) is 1.41. The van der Waals surface area contributed by atoms with Crippen LogP contribution in [0, 0.1) is 0 Å². The number of carbonyl (C=O) groups is 1. The molecule has 0 aromatic carbocycles. The number of nitrogens with zero attached hydrogens (tertiary/aromatic N) is 2. The maximum absolute atomic E-state index is 12.3. The maximum Gasteiger partial charge on any atom is 0.256 e. The van der Waals surface area contributed by atoms with Crippen LogP contribution in [0.1, 0.15) is 35.1 Å². The lowest BCUT2D eigenvalue weighted by Crippen LogP contribution is -2.43. The molecule has 1 aliphatic heterocycles. The van der Waals surface area contributed by atoms with Crippen LogP contribution in [0.25, 0.3) is 0 Å². The van der Waals surface area contributed by atoms with Gasteiger partial charge in [0.25, 0.3) is 5.91 Å².